The lowest BCUT2D eigenvalue weighted by Gasteiger charge is -2.40. The molecule has 2 heterocycles. The zero-order valence-electron chi connectivity index (χ0n) is 8.83. The van der Waals surface area contributed by atoms with Gasteiger partial charge in [-0.15, -0.1) is 0 Å². The van der Waals surface area contributed by atoms with Crippen LogP contribution < -0.4 is 5.43 Å². The fourth-order valence-electron chi connectivity index (χ4n) is 1.57. The molecule has 5 nitrogen and oxygen atoms in total. The van der Waals surface area contributed by atoms with Gasteiger partial charge < -0.3 is 0 Å². The third kappa shape index (κ3) is 1.05. The highest BCUT2D eigenvalue weighted by molar-refractivity contribution is 5.93. The number of aromatic nitrogens is 2. The first kappa shape index (κ1) is 9.21. The van der Waals surface area contributed by atoms with Gasteiger partial charge in [-0.05, 0) is 26.8 Å². The van der Waals surface area contributed by atoms with Crippen LogP contribution in [0.25, 0.3) is 0 Å². The maximum absolute atomic E-state index is 11.6. The lowest BCUT2D eigenvalue weighted by molar-refractivity contribution is -0.000956. The van der Waals surface area contributed by atoms with Crippen LogP contribution in [0.2, 0.25) is 0 Å². The highest BCUT2D eigenvalue weighted by Gasteiger charge is 2.36. The number of aryl methyl sites for hydroxylation is 1. The molecule has 0 aliphatic carbocycles. The average molecular weight is 194 g/mol. The molecule has 0 saturated carbocycles. The Morgan fingerprint density at radius 3 is 2.79 bits per heavy atom. The molecular formula is C9H14N4O. The van der Waals surface area contributed by atoms with Crippen molar-refractivity contribution < 1.29 is 4.79 Å². The van der Waals surface area contributed by atoms with Crippen LogP contribution in [0.3, 0.4) is 0 Å². The van der Waals surface area contributed by atoms with E-state index in [0.29, 0.717) is 5.69 Å². The fourth-order valence-corrected chi connectivity index (χ4v) is 1.57. The number of hydrazine groups is 1. The Morgan fingerprint density at radius 2 is 2.14 bits per heavy atom. The summed E-state index contributed by atoms with van der Waals surface area (Å²) in [6, 6.07) is 1.80. The number of hydrogen-bond acceptors (Lipinski definition) is 3. The van der Waals surface area contributed by atoms with E-state index in [4.69, 9.17) is 0 Å². The summed E-state index contributed by atoms with van der Waals surface area (Å²) in [6.07, 6.45) is 0. The van der Waals surface area contributed by atoms with Gasteiger partial charge in [0.15, 0.2) is 0 Å². The summed E-state index contributed by atoms with van der Waals surface area (Å²) >= 11 is 0. The molecule has 0 atom stereocenters. The Hall–Kier alpha value is -1.36. The van der Waals surface area contributed by atoms with Gasteiger partial charge in [0, 0.05) is 7.05 Å². The van der Waals surface area contributed by atoms with Crippen LogP contribution in [0.4, 0.5) is 0 Å². The molecule has 1 amide bonds. The second-order valence-electron chi connectivity index (χ2n) is 4.08. The zero-order chi connectivity index (χ0) is 10.5. The van der Waals surface area contributed by atoms with Crippen LogP contribution in [0, 0.1) is 6.92 Å². The van der Waals surface area contributed by atoms with E-state index in [2.05, 4.69) is 10.5 Å². The quantitative estimate of drug-likeness (QED) is 0.653. The van der Waals surface area contributed by atoms with Crippen LogP contribution in [-0.4, -0.2) is 27.7 Å². The van der Waals surface area contributed by atoms with Gasteiger partial charge in [-0.2, -0.15) is 10.1 Å². The first-order valence-corrected chi connectivity index (χ1v) is 4.55. The van der Waals surface area contributed by atoms with Crippen molar-refractivity contribution in [3.63, 3.8) is 0 Å². The highest BCUT2D eigenvalue weighted by Crippen LogP contribution is 2.23. The molecule has 1 aliphatic rings. The topological polar surface area (TPSA) is 50.2 Å². The summed E-state index contributed by atoms with van der Waals surface area (Å²) in [7, 11) is 1.83. The zero-order valence-corrected chi connectivity index (χ0v) is 8.83. The fraction of sp³-hybridized carbons (Fsp3) is 0.556. The minimum absolute atomic E-state index is 0.104. The van der Waals surface area contributed by atoms with Crippen molar-refractivity contribution in [1.29, 1.82) is 0 Å². The molecular weight excluding hydrogens is 180 g/mol. The number of fused-ring (bicyclic) bond motifs is 1. The van der Waals surface area contributed by atoms with Gasteiger partial charge in [-0.3, -0.25) is 10.2 Å². The minimum atomic E-state index is -0.322. The Kier molecular flexibility index (Phi) is 1.69. The maximum atomic E-state index is 11.6. The van der Waals surface area contributed by atoms with E-state index in [1.807, 2.05) is 27.8 Å². The molecule has 0 unspecified atom stereocenters. The molecule has 5 heteroatoms. The monoisotopic (exact) mass is 194 g/mol. The Morgan fingerprint density at radius 1 is 1.50 bits per heavy atom. The minimum Gasteiger partial charge on any atom is -0.281 e. The molecule has 0 fully saturated rings. The summed E-state index contributed by atoms with van der Waals surface area (Å²) in [4.78, 5) is 11.6. The van der Waals surface area contributed by atoms with E-state index in [0.717, 1.165) is 5.69 Å². The summed E-state index contributed by atoms with van der Waals surface area (Å²) in [5.74, 6) is -0.104. The van der Waals surface area contributed by atoms with Crippen LogP contribution in [0.1, 0.15) is 30.0 Å². The van der Waals surface area contributed by atoms with Gasteiger partial charge in [-0.1, -0.05) is 0 Å². The van der Waals surface area contributed by atoms with Crippen molar-refractivity contribution in [3.8, 4) is 0 Å². The Bertz CT molecular complexity index is 394. The van der Waals surface area contributed by atoms with Gasteiger partial charge in [-0.25, -0.2) is 4.68 Å². The first-order chi connectivity index (χ1) is 6.43. The normalized spacial score (nSPS) is 20.4. The van der Waals surface area contributed by atoms with Crippen molar-refractivity contribution in [2.45, 2.75) is 26.4 Å². The van der Waals surface area contributed by atoms with Crippen molar-refractivity contribution in [3.05, 3.63) is 17.5 Å². The third-order valence-corrected chi connectivity index (χ3v) is 2.67. The van der Waals surface area contributed by atoms with E-state index >= 15 is 0 Å². The summed E-state index contributed by atoms with van der Waals surface area (Å²) in [5, 5.41) is 6.08. The van der Waals surface area contributed by atoms with Gasteiger partial charge >= 0.3 is 0 Å². The van der Waals surface area contributed by atoms with Crippen LogP contribution in [0.15, 0.2) is 6.07 Å². The molecule has 1 aliphatic heterocycles. The molecule has 1 aromatic heterocycles. The number of hydrogen-bond donors (Lipinski definition) is 1. The Balaban J connectivity index is 2.62. The van der Waals surface area contributed by atoms with Crippen molar-refractivity contribution in [2.24, 2.45) is 0 Å². The second-order valence-corrected chi connectivity index (χ2v) is 4.08. The average Bonchev–Trinajstić information content (AvgIpc) is 2.45. The highest BCUT2D eigenvalue weighted by atomic mass is 16.2. The van der Waals surface area contributed by atoms with Crippen LogP contribution in [0.5, 0.6) is 0 Å². The van der Waals surface area contributed by atoms with Gasteiger partial charge in [0.05, 0.1) is 5.69 Å². The van der Waals surface area contributed by atoms with E-state index in [-0.39, 0.29) is 11.6 Å². The molecule has 0 aromatic carbocycles. The predicted molar refractivity (Wildman–Crippen MR) is 51.5 cm³/mol. The number of nitrogens with zero attached hydrogens (tertiary/aromatic N) is 3. The van der Waals surface area contributed by atoms with Crippen LogP contribution >= 0.6 is 0 Å². The molecule has 0 spiro atoms. The van der Waals surface area contributed by atoms with Crippen LogP contribution in [-0.2, 0) is 5.66 Å². The summed E-state index contributed by atoms with van der Waals surface area (Å²) in [6.45, 7) is 5.89. The molecule has 1 N–H and O–H groups in total. The van der Waals surface area contributed by atoms with Crippen molar-refractivity contribution in [2.75, 3.05) is 7.05 Å². The predicted octanol–water partition coefficient (Wildman–Crippen LogP) is 0.474. The first-order valence-electron chi connectivity index (χ1n) is 4.55. The van der Waals surface area contributed by atoms with E-state index in [1.54, 1.807) is 15.8 Å². The molecule has 76 valence electrons. The number of rotatable bonds is 0. The summed E-state index contributed by atoms with van der Waals surface area (Å²) < 4.78 is 1.75. The van der Waals surface area contributed by atoms with E-state index in [9.17, 15) is 4.79 Å². The standard InChI is InChI=1S/C9H14N4O/c1-6-5-7-8(14)11-12(4)9(2,3)13(7)10-6/h5H,1-4H3,(H,11,14). The molecule has 1 aromatic rings. The van der Waals surface area contributed by atoms with E-state index in [1.165, 1.54) is 0 Å². The SMILES string of the molecule is Cc1cc2n(n1)C(C)(C)N(C)NC2=O. The lowest BCUT2D eigenvalue weighted by Crippen LogP contribution is -2.58. The lowest BCUT2D eigenvalue weighted by atomic mass is 10.2. The number of carbonyl (C=O) groups excluding carboxylic acids is 1. The van der Waals surface area contributed by atoms with Gasteiger partial charge in [0.1, 0.15) is 11.4 Å². The largest absolute Gasteiger partial charge is 0.283 e. The molecule has 0 bridgehead atoms. The second kappa shape index (κ2) is 2.57. The maximum Gasteiger partial charge on any atom is 0.283 e. The third-order valence-electron chi connectivity index (χ3n) is 2.67. The smallest absolute Gasteiger partial charge is 0.281 e. The summed E-state index contributed by atoms with van der Waals surface area (Å²) in [5.41, 5.74) is 3.93. The molecule has 2 rings (SSSR count). The number of amides is 1. The van der Waals surface area contributed by atoms with Gasteiger partial charge in [0.2, 0.25) is 0 Å². The molecule has 0 radical (unpaired) electrons. The number of nitrogens with one attached hydrogen (secondary N) is 1. The Labute approximate surface area is 82.7 Å². The van der Waals surface area contributed by atoms with E-state index < -0.39 is 0 Å². The molecule has 14 heavy (non-hydrogen) atoms. The molecule has 0 saturated heterocycles. The van der Waals surface area contributed by atoms with Crippen molar-refractivity contribution >= 4 is 5.91 Å². The van der Waals surface area contributed by atoms with Crippen molar-refractivity contribution in [1.82, 2.24) is 20.2 Å². The number of carbonyl (C=O) groups is 1. The van der Waals surface area contributed by atoms with Gasteiger partial charge in [0.25, 0.3) is 5.91 Å².